The molecule has 0 aliphatic heterocycles. The lowest BCUT2D eigenvalue weighted by molar-refractivity contribution is -0.140. The minimum absolute atomic E-state index is 0.116. The summed E-state index contributed by atoms with van der Waals surface area (Å²) in [6.45, 7) is 5.07. The van der Waals surface area contributed by atoms with E-state index in [9.17, 15) is 4.79 Å². The lowest BCUT2D eigenvalue weighted by atomic mass is 10.1. The van der Waals surface area contributed by atoms with Crippen LogP contribution in [-0.4, -0.2) is 38.7 Å². The highest BCUT2D eigenvalue weighted by Crippen LogP contribution is 2.03. The molecule has 0 heterocycles. The first-order chi connectivity index (χ1) is 8.60. The van der Waals surface area contributed by atoms with Gasteiger partial charge in [0.15, 0.2) is 5.96 Å². The number of carbonyl (C=O) groups excluding carboxylic acids is 1. The molecule has 0 unspecified atom stereocenters. The molecule has 18 heavy (non-hydrogen) atoms. The molecule has 0 saturated carbocycles. The zero-order valence-corrected chi connectivity index (χ0v) is 12.1. The number of unbranched alkanes of at least 4 members (excludes halogenated alkanes) is 3. The molecule has 0 amide bonds. The number of methoxy groups -OCH3 is 1. The summed E-state index contributed by atoms with van der Waals surface area (Å²) >= 11 is 0. The summed E-state index contributed by atoms with van der Waals surface area (Å²) in [5, 5.41) is 6.49. The van der Waals surface area contributed by atoms with E-state index in [2.05, 4.69) is 34.2 Å². The number of hydrogen-bond donors (Lipinski definition) is 2. The van der Waals surface area contributed by atoms with Gasteiger partial charge < -0.3 is 15.4 Å². The van der Waals surface area contributed by atoms with Crippen LogP contribution in [0.25, 0.3) is 0 Å². The molecule has 0 radical (unpaired) electrons. The van der Waals surface area contributed by atoms with Gasteiger partial charge in [-0.2, -0.15) is 0 Å². The summed E-state index contributed by atoms with van der Waals surface area (Å²) < 4.78 is 4.59. The van der Waals surface area contributed by atoms with Crippen LogP contribution in [0.15, 0.2) is 4.99 Å². The Morgan fingerprint density at radius 2 is 1.89 bits per heavy atom. The lowest BCUT2D eigenvalue weighted by Crippen LogP contribution is -2.41. The van der Waals surface area contributed by atoms with Crippen LogP contribution in [0.5, 0.6) is 0 Å². The van der Waals surface area contributed by atoms with Crippen LogP contribution in [0.3, 0.4) is 0 Å². The Balaban J connectivity index is 3.42. The van der Waals surface area contributed by atoms with E-state index in [1.165, 1.54) is 7.11 Å². The van der Waals surface area contributed by atoms with Crippen LogP contribution in [-0.2, 0) is 9.53 Å². The lowest BCUT2D eigenvalue weighted by Gasteiger charge is -2.14. The standard InChI is InChI=1S/C13H27N3O2/c1-11(2)16-13(14-3)15-10-8-6-5-7-9-12(17)18-4/h11H,5-10H2,1-4H3,(H2,14,15,16). The summed E-state index contributed by atoms with van der Waals surface area (Å²) in [5.74, 6) is 0.731. The molecular formula is C13H27N3O2. The normalized spacial score (nSPS) is 11.5. The Hall–Kier alpha value is -1.26. The number of esters is 1. The fourth-order valence-electron chi connectivity index (χ4n) is 1.52. The average molecular weight is 257 g/mol. The van der Waals surface area contributed by atoms with E-state index in [-0.39, 0.29) is 5.97 Å². The number of rotatable bonds is 8. The van der Waals surface area contributed by atoms with Crippen molar-refractivity contribution in [2.45, 2.75) is 52.0 Å². The third-order valence-electron chi connectivity index (χ3n) is 2.48. The van der Waals surface area contributed by atoms with Crippen molar-refractivity contribution in [3.63, 3.8) is 0 Å². The van der Waals surface area contributed by atoms with E-state index in [0.717, 1.165) is 38.2 Å². The molecule has 0 aromatic heterocycles. The Labute approximate surface area is 110 Å². The topological polar surface area (TPSA) is 62.7 Å². The van der Waals surface area contributed by atoms with Gasteiger partial charge in [-0.1, -0.05) is 12.8 Å². The Morgan fingerprint density at radius 3 is 2.44 bits per heavy atom. The van der Waals surface area contributed by atoms with Crippen molar-refractivity contribution in [1.82, 2.24) is 10.6 Å². The summed E-state index contributed by atoms with van der Waals surface area (Å²) in [5.41, 5.74) is 0. The second-order valence-corrected chi connectivity index (χ2v) is 4.54. The van der Waals surface area contributed by atoms with E-state index >= 15 is 0 Å². The maximum absolute atomic E-state index is 10.9. The molecule has 5 heteroatoms. The maximum atomic E-state index is 10.9. The fourth-order valence-corrected chi connectivity index (χ4v) is 1.52. The van der Waals surface area contributed by atoms with Gasteiger partial charge in [-0.3, -0.25) is 9.79 Å². The highest BCUT2D eigenvalue weighted by atomic mass is 16.5. The van der Waals surface area contributed by atoms with Crippen molar-refractivity contribution < 1.29 is 9.53 Å². The van der Waals surface area contributed by atoms with E-state index in [1.807, 2.05) is 0 Å². The number of nitrogens with zero attached hydrogens (tertiary/aromatic N) is 1. The van der Waals surface area contributed by atoms with Crippen LogP contribution in [0.2, 0.25) is 0 Å². The van der Waals surface area contributed by atoms with Gasteiger partial charge in [0.25, 0.3) is 0 Å². The molecule has 0 rings (SSSR count). The molecule has 0 aliphatic carbocycles. The van der Waals surface area contributed by atoms with Crippen LogP contribution in [0.4, 0.5) is 0 Å². The molecule has 2 N–H and O–H groups in total. The van der Waals surface area contributed by atoms with Crippen molar-refractivity contribution in [1.29, 1.82) is 0 Å². The summed E-state index contributed by atoms with van der Waals surface area (Å²) in [6.07, 6.45) is 4.70. The quantitative estimate of drug-likeness (QED) is 0.300. The van der Waals surface area contributed by atoms with Crippen LogP contribution in [0, 0.1) is 0 Å². The molecule has 106 valence electrons. The third-order valence-corrected chi connectivity index (χ3v) is 2.48. The Bertz CT molecular complexity index is 253. The third kappa shape index (κ3) is 9.93. The van der Waals surface area contributed by atoms with Gasteiger partial charge in [-0.05, 0) is 26.7 Å². The van der Waals surface area contributed by atoms with Gasteiger partial charge in [-0.15, -0.1) is 0 Å². The minimum Gasteiger partial charge on any atom is -0.469 e. The zero-order chi connectivity index (χ0) is 13.8. The van der Waals surface area contributed by atoms with Crippen LogP contribution >= 0.6 is 0 Å². The van der Waals surface area contributed by atoms with E-state index < -0.39 is 0 Å². The fraction of sp³-hybridized carbons (Fsp3) is 0.846. The predicted molar refractivity (Wildman–Crippen MR) is 74.7 cm³/mol. The molecule has 0 aromatic carbocycles. The molecule has 0 spiro atoms. The first kappa shape index (κ1) is 16.7. The van der Waals surface area contributed by atoms with E-state index in [4.69, 9.17) is 0 Å². The van der Waals surface area contributed by atoms with Crippen LogP contribution in [0.1, 0.15) is 46.0 Å². The minimum atomic E-state index is -0.116. The Kier molecular flexibility index (Phi) is 10.1. The van der Waals surface area contributed by atoms with Gasteiger partial charge in [0, 0.05) is 26.1 Å². The number of carbonyl (C=O) groups is 1. The summed E-state index contributed by atoms with van der Waals surface area (Å²) in [7, 11) is 3.20. The SMILES string of the molecule is CN=C(NCCCCCCC(=O)OC)NC(C)C. The number of ether oxygens (including phenoxy) is 1. The molecule has 0 saturated heterocycles. The molecular weight excluding hydrogens is 230 g/mol. The first-order valence-electron chi connectivity index (χ1n) is 6.64. The van der Waals surface area contributed by atoms with Gasteiger partial charge >= 0.3 is 5.97 Å². The monoisotopic (exact) mass is 257 g/mol. The van der Waals surface area contributed by atoms with Gasteiger partial charge in [0.2, 0.25) is 0 Å². The Morgan fingerprint density at radius 1 is 1.22 bits per heavy atom. The van der Waals surface area contributed by atoms with E-state index in [1.54, 1.807) is 7.05 Å². The number of nitrogens with one attached hydrogen (secondary N) is 2. The van der Waals surface area contributed by atoms with Crippen molar-refractivity contribution in [2.24, 2.45) is 4.99 Å². The highest BCUT2D eigenvalue weighted by Gasteiger charge is 2.00. The number of guanidine groups is 1. The number of hydrogen-bond acceptors (Lipinski definition) is 3. The van der Waals surface area contributed by atoms with Crippen molar-refractivity contribution >= 4 is 11.9 Å². The molecule has 0 aliphatic rings. The maximum Gasteiger partial charge on any atom is 0.305 e. The summed E-state index contributed by atoms with van der Waals surface area (Å²) in [6, 6.07) is 0.385. The van der Waals surface area contributed by atoms with Crippen LogP contribution < -0.4 is 10.6 Å². The predicted octanol–water partition coefficient (Wildman–Crippen LogP) is 1.68. The van der Waals surface area contributed by atoms with Crippen molar-refractivity contribution in [3.8, 4) is 0 Å². The highest BCUT2D eigenvalue weighted by molar-refractivity contribution is 5.79. The molecule has 0 aromatic rings. The van der Waals surface area contributed by atoms with E-state index in [0.29, 0.717) is 12.5 Å². The molecule has 0 fully saturated rings. The zero-order valence-electron chi connectivity index (χ0n) is 12.1. The van der Waals surface area contributed by atoms with Crippen molar-refractivity contribution in [3.05, 3.63) is 0 Å². The largest absolute Gasteiger partial charge is 0.469 e. The second kappa shape index (κ2) is 10.9. The average Bonchev–Trinajstić information content (AvgIpc) is 2.35. The van der Waals surface area contributed by atoms with Gasteiger partial charge in [0.05, 0.1) is 7.11 Å². The number of aliphatic imine (C=N–C) groups is 1. The summed E-state index contributed by atoms with van der Waals surface area (Å²) in [4.78, 5) is 15.0. The smallest absolute Gasteiger partial charge is 0.305 e. The molecule has 5 nitrogen and oxygen atoms in total. The van der Waals surface area contributed by atoms with Gasteiger partial charge in [-0.25, -0.2) is 0 Å². The second-order valence-electron chi connectivity index (χ2n) is 4.54. The van der Waals surface area contributed by atoms with Gasteiger partial charge in [0.1, 0.15) is 0 Å². The molecule has 0 bridgehead atoms. The van der Waals surface area contributed by atoms with Crippen molar-refractivity contribution in [2.75, 3.05) is 20.7 Å². The first-order valence-corrected chi connectivity index (χ1v) is 6.64. The molecule has 0 atom stereocenters.